The first kappa shape index (κ1) is 43.1. The summed E-state index contributed by atoms with van der Waals surface area (Å²) in [4.78, 5) is 27.2. The molecule has 0 heterocycles. The Morgan fingerprint density at radius 1 is 0.500 bits per heavy atom. The smallest absolute Gasteiger partial charge is 0.306 e. The second-order valence-corrected chi connectivity index (χ2v) is 14.2. The van der Waals surface area contributed by atoms with Gasteiger partial charge < -0.3 is 9.64 Å². The normalized spacial score (nSPS) is 12.5. The number of Topliss-reactive ketones (excluding diaryl/α,β-unsaturated/α-hetero) is 1. The molecule has 0 aliphatic heterocycles. The Morgan fingerprint density at radius 3 is 1.36 bits per heavy atom. The Balaban J connectivity index is 3.86. The molecule has 0 aromatic heterocycles. The molecule has 0 saturated heterocycles. The number of carbonyl (C=O) groups excluding carboxylic acids is 2. The quantitative estimate of drug-likeness (QED) is 0.0530. The lowest BCUT2D eigenvalue weighted by Crippen LogP contribution is -2.27. The number of ketones is 1. The summed E-state index contributed by atoms with van der Waals surface area (Å²) >= 11 is 0. The van der Waals surface area contributed by atoms with Gasteiger partial charge in [0.1, 0.15) is 11.9 Å². The van der Waals surface area contributed by atoms with Crippen LogP contribution in [0.3, 0.4) is 0 Å². The molecule has 0 N–H and O–H groups in total. The minimum absolute atomic E-state index is 0.0233. The van der Waals surface area contributed by atoms with Crippen molar-refractivity contribution in [1.82, 2.24) is 4.90 Å². The van der Waals surface area contributed by atoms with E-state index in [4.69, 9.17) is 4.74 Å². The van der Waals surface area contributed by atoms with Crippen molar-refractivity contribution in [3.63, 3.8) is 0 Å². The number of ether oxygens (including phenoxy) is 1. The van der Waals surface area contributed by atoms with Gasteiger partial charge in [0.05, 0.1) is 0 Å². The first-order chi connectivity index (χ1) is 21.4. The van der Waals surface area contributed by atoms with Crippen molar-refractivity contribution in [2.24, 2.45) is 5.92 Å². The third-order valence-electron chi connectivity index (χ3n) is 9.65. The first-order valence-electron chi connectivity index (χ1n) is 19.7. The number of rotatable bonds is 34. The minimum atomic E-state index is 0.0233. The molecule has 0 spiro atoms. The van der Waals surface area contributed by atoms with E-state index in [1.54, 1.807) is 0 Å². The van der Waals surface area contributed by atoms with Crippen LogP contribution in [0.25, 0.3) is 0 Å². The van der Waals surface area contributed by atoms with Crippen LogP contribution in [0.1, 0.15) is 214 Å². The summed E-state index contributed by atoms with van der Waals surface area (Å²) in [6, 6.07) is 0.698. The molecule has 0 fully saturated rings. The van der Waals surface area contributed by atoms with Crippen LogP contribution >= 0.6 is 0 Å². The van der Waals surface area contributed by atoms with E-state index in [1.807, 2.05) is 0 Å². The van der Waals surface area contributed by atoms with Crippen molar-refractivity contribution in [3.8, 4) is 0 Å². The molecule has 0 amide bonds. The summed E-state index contributed by atoms with van der Waals surface area (Å²) in [7, 11) is 4.48. The van der Waals surface area contributed by atoms with Gasteiger partial charge in [-0.15, -0.1) is 0 Å². The SMILES string of the molecule is CCCCC(CCCC)CC(=O)CCCCCCCCC(CCCCCCCCC(=O)OC(CCCC)CCCC)N(C)C. The van der Waals surface area contributed by atoms with Crippen molar-refractivity contribution in [3.05, 3.63) is 0 Å². The molecular weight excluding hydrogens is 542 g/mol. The molecule has 44 heavy (non-hydrogen) atoms. The molecule has 0 saturated carbocycles. The zero-order chi connectivity index (χ0) is 32.7. The molecule has 0 aliphatic rings. The molecule has 1 atom stereocenters. The third-order valence-corrected chi connectivity index (χ3v) is 9.65. The fourth-order valence-corrected chi connectivity index (χ4v) is 6.56. The highest BCUT2D eigenvalue weighted by Crippen LogP contribution is 2.22. The maximum absolute atomic E-state index is 12.5. The van der Waals surface area contributed by atoms with Gasteiger partial charge in [-0.05, 0) is 58.5 Å². The predicted octanol–water partition coefficient (Wildman–Crippen LogP) is 12.4. The highest BCUT2D eigenvalue weighted by molar-refractivity contribution is 5.78. The van der Waals surface area contributed by atoms with Crippen molar-refractivity contribution in [2.75, 3.05) is 14.1 Å². The van der Waals surface area contributed by atoms with Gasteiger partial charge in [-0.1, -0.05) is 156 Å². The fourth-order valence-electron chi connectivity index (χ4n) is 6.56. The lowest BCUT2D eigenvalue weighted by molar-refractivity contribution is -0.150. The molecule has 0 rings (SSSR count). The zero-order valence-corrected chi connectivity index (χ0v) is 30.9. The molecule has 1 unspecified atom stereocenters. The lowest BCUT2D eigenvalue weighted by atomic mass is 9.90. The van der Waals surface area contributed by atoms with Gasteiger partial charge in [0.25, 0.3) is 0 Å². The van der Waals surface area contributed by atoms with E-state index in [0.29, 0.717) is 24.2 Å². The number of nitrogens with zero attached hydrogens (tertiary/aromatic N) is 1. The van der Waals surface area contributed by atoms with E-state index in [0.717, 1.165) is 57.8 Å². The number of hydrogen-bond acceptors (Lipinski definition) is 4. The van der Waals surface area contributed by atoms with Crippen molar-refractivity contribution in [2.45, 2.75) is 226 Å². The molecule has 4 nitrogen and oxygen atoms in total. The summed E-state index contributed by atoms with van der Waals surface area (Å²) in [5, 5.41) is 0. The Bertz CT molecular complexity index is 568. The molecular formula is C40H79NO3. The van der Waals surface area contributed by atoms with Crippen LogP contribution in [-0.2, 0) is 14.3 Å². The van der Waals surface area contributed by atoms with Crippen LogP contribution < -0.4 is 0 Å². The van der Waals surface area contributed by atoms with Crippen molar-refractivity contribution in [1.29, 1.82) is 0 Å². The maximum atomic E-state index is 12.5. The van der Waals surface area contributed by atoms with E-state index in [1.165, 1.54) is 122 Å². The Morgan fingerprint density at radius 2 is 0.909 bits per heavy atom. The number of esters is 1. The third kappa shape index (κ3) is 27.4. The second-order valence-electron chi connectivity index (χ2n) is 14.2. The molecule has 0 bridgehead atoms. The van der Waals surface area contributed by atoms with Gasteiger partial charge in [0, 0.05) is 25.3 Å². The predicted molar refractivity (Wildman–Crippen MR) is 192 cm³/mol. The van der Waals surface area contributed by atoms with Crippen LogP contribution in [0.5, 0.6) is 0 Å². The summed E-state index contributed by atoms with van der Waals surface area (Å²) in [6.45, 7) is 8.92. The van der Waals surface area contributed by atoms with E-state index in [9.17, 15) is 9.59 Å². The van der Waals surface area contributed by atoms with Gasteiger partial charge >= 0.3 is 5.97 Å². The first-order valence-corrected chi connectivity index (χ1v) is 19.7. The van der Waals surface area contributed by atoms with Gasteiger partial charge in [0.15, 0.2) is 0 Å². The fraction of sp³-hybridized carbons (Fsp3) is 0.950. The minimum Gasteiger partial charge on any atom is -0.462 e. The monoisotopic (exact) mass is 622 g/mol. The molecule has 262 valence electrons. The van der Waals surface area contributed by atoms with Crippen molar-refractivity contribution < 1.29 is 14.3 Å². The Kier molecular flexibility index (Phi) is 31.4. The van der Waals surface area contributed by atoms with Crippen molar-refractivity contribution >= 4 is 11.8 Å². The summed E-state index contributed by atoms with van der Waals surface area (Å²) < 4.78 is 5.80. The number of carbonyl (C=O) groups is 2. The van der Waals surface area contributed by atoms with E-state index in [-0.39, 0.29) is 12.1 Å². The van der Waals surface area contributed by atoms with Gasteiger partial charge in [-0.2, -0.15) is 0 Å². The van der Waals surface area contributed by atoms with Crippen LogP contribution in [-0.4, -0.2) is 42.9 Å². The average molecular weight is 622 g/mol. The topological polar surface area (TPSA) is 46.6 Å². The lowest BCUT2D eigenvalue weighted by Gasteiger charge is -2.24. The van der Waals surface area contributed by atoms with Crippen LogP contribution in [0.2, 0.25) is 0 Å². The van der Waals surface area contributed by atoms with Crippen LogP contribution in [0.15, 0.2) is 0 Å². The maximum Gasteiger partial charge on any atom is 0.306 e. The standard InChI is InChI=1S/C40H79NO3/c1-7-11-27-36(28-12-8-2)35-38(42)31-25-21-17-15-19-23-29-37(41(5)6)30-24-20-16-18-22-26-34-40(43)44-39(32-13-9-3)33-14-10-4/h36-37,39H,7-35H2,1-6H3. The highest BCUT2D eigenvalue weighted by atomic mass is 16.5. The largest absolute Gasteiger partial charge is 0.462 e. The van der Waals surface area contributed by atoms with Gasteiger partial charge in [-0.3, -0.25) is 9.59 Å². The van der Waals surface area contributed by atoms with E-state index < -0.39 is 0 Å². The number of unbranched alkanes of at least 4 members (excludes halogenated alkanes) is 14. The van der Waals surface area contributed by atoms with Crippen LogP contribution in [0, 0.1) is 5.92 Å². The summed E-state index contributed by atoms with van der Waals surface area (Å²) in [6.07, 6.45) is 34.0. The molecule has 0 radical (unpaired) electrons. The summed E-state index contributed by atoms with van der Waals surface area (Å²) in [5.41, 5.74) is 0. The molecule has 0 aromatic carbocycles. The average Bonchev–Trinajstić information content (AvgIpc) is 3.00. The number of hydrogen-bond donors (Lipinski definition) is 0. The zero-order valence-electron chi connectivity index (χ0n) is 30.9. The molecule has 0 aliphatic carbocycles. The van der Waals surface area contributed by atoms with E-state index >= 15 is 0 Å². The van der Waals surface area contributed by atoms with E-state index in [2.05, 4.69) is 46.7 Å². The highest BCUT2D eigenvalue weighted by Gasteiger charge is 2.15. The van der Waals surface area contributed by atoms with Gasteiger partial charge in [0.2, 0.25) is 0 Å². The van der Waals surface area contributed by atoms with Gasteiger partial charge in [-0.25, -0.2) is 0 Å². The Labute approximate surface area is 276 Å². The summed E-state index contributed by atoms with van der Waals surface area (Å²) in [5.74, 6) is 1.18. The Hall–Kier alpha value is -0.900. The molecule has 0 aromatic rings. The second kappa shape index (κ2) is 32.1. The molecule has 4 heteroatoms. The van der Waals surface area contributed by atoms with Crippen LogP contribution in [0.4, 0.5) is 0 Å².